The number of hydrogen-bond acceptors (Lipinski definition) is 2. The predicted molar refractivity (Wildman–Crippen MR) is 72.7 cm³/mol. The fourth-order valence-electron chi connectivity index (χ4n) is 2.06. The Morgan fingerprint density at radius 2 is 2.24 bits per heavy atom. The third kappa shape index (κ3) is 2.28. The van der Waals surface area contributed by atoms with Crippen LogP contribution in [0.15, 0.2) is 22.8 Å². The van der Waals surface area contributed by atoms with E-state index in [1.807, 2.05) is 18.5 Å². The van der Waals surface area contributed by atoms with Crippen LogP contribution in [0.4, 0.5) is 0 Å². The summed E-state index contributed by atoms with van der Waals surface area (Å²) in [6, 6.07) is 3.57. The SMILES string of the molecule is CCc1ccc(Br)c2c(C[C@H](N)[C]=O)c[nH]c12. The van der Waals surface area contributed by atoms with E-state index in [2.05, 4.69) is 33.9 Å². The maximum absolute atomic E-state index is 10.5. The zero-order valence-electron chi connectivity index (χ0n) is 9.59. The van der Waals surface area contributed by atoms with Crippen LogP contribution in [0.3, 0.4) is 0 Å². The molecule has 2 aromatic rings. The summed E-state index contributed by atoms with van der Waals surface area (Å²) in [5.74, 6) is 0. The lowest BCUT2D eigenvalue weighted by molar-refractivity contribution is 0.541. The lowest BCUT2D eigenvalue weighted by atomic mass is 10.0. The van der Waals surface area contributed by atoms with Crippen LogP contribution >= 0.6 is 15.9 Å². The van der Waals surface area contributed by atoms with E-state index < -0.39 is 6.04 Å². The molecule has 17 heavy (non-hydrogen) atoms. The van der Waals surface area contributed by atoms with Crippen molar-refractivity contribution in [2.45, 2.75) is 25.8 Å². The Hall–Kier alpha value is -1.13. The Balaban J connectivity index is 2.55. The van der Waals surface area contributed by atoms with Crippen LogP contribution in [0, 0.1) is 0 Å². The van der Waals surface area contributed by atoms with E-state index in [9.17, 15) is 4.79 Å². The van der Waals surface area contributed by atoms with E-state index in [0.717, 1.165) is 27.4 Å². The van der Waals surface area contributed by atoms with Gasteiger partial charge in [-0.05, 0) is 30.0 Å². The molecule has 1 aromatic carbocycles. The molecule has 1 atom stereocenters. The summed E-state index contributed by atoms with van der Waals surface area (Å²) in [6.07, 6.45) is 5.21. The Morgan fingerprint density at radius 1 is 1.47 bits per heavy atom. The molecule has 0 saturated heterocycles. The Labute approximate surface area is 109 Å². The topological polar surface area (TPSA) is 58.9 Å². The van der Waals surface area contributed by atoms with Crippen LogP contribution in [0.1, 0.15) is 18.1 Å². The highest BCUT2D eigenvalue weighted by molar-refractivity contribution is 9.10. The van der Waals surface area contributed by atoms with Crippen LogP contribution in [-0.2, 0) is 17.6 Å². The van der Waals surface area contributed by atoms with Crippen molar-refractivity contribution in [3.63, 3.8) is 0 Å². The minimum atomic E-state index is -0.564. The lowest BCUT2D eigenvalue weighted by Crippen LogP contribution is -2.23. The summed E-state index contributed by atoms with van der Waals surface area (Å²) in [5.41, 5.74) is 9.06. The highest BCUT2D eigenvalue weighted by atomic mass is 79.9. The average molecular weight is 294 g/mol. The number of halogens is 1. The average Bonchev–Trinajstić information content (AvgIpc) is 2.74. The molecule has 0 saturated carbocycles. The van der Waals surface area contributed by atoms with Gasteiger partial charge in [0.1, 0.15) is 0 Å². The lowest BCUT2D eigenvalue weighted by Gasteiger charge is -2.05. The number of H-pyrrole nitrogens is 1. The van der Waals surface area contributed by atoms with Gasteiger partial charge in [-0.3, -0.25) is 4.79 Å². The van der Waals surface area contributed by atoms with Gasteiger partial charge in [-0.2, -0.15) is 0 Å². The fraction of sp³-hybridized carbons (Fsp3) is 0.308. The number of benzene rings is 1. The molecule has 2 rings (SSSR count). The molecule has 3 nitrogen and oxygen atoms in total. The summed E-state index contributed by atoms with van der Waals surface area (Å²) in [7, 11) is 0. The quantitative estimate of drug-likeness (QED) is 0.910. The second-order valence-corrected chi connectivity index (χ2v) is 4.91. The highest BCUT2D eigenvalue weighted by Gasteiger charge is 2.13. The van der Waals surface area contributed by atoms with Crippen LogP contribution in [0.5, 0.6) is 0 Å². The summed E-state index contributed by atoms with van der Waals surface area (Å²) in [4.78, 5) is 13.8. The molecule has 3 N–H and O–H groups in total. The van der Waals surface area contributed by atoms with E-state index in [1.54, 1.807) is 0 Å². The predicted octanol–water partition coefficient (Wildman–Crippen LogP) is 2.47. The number of aromatic nitrogens is 1. The normalized spacial score (nSPS) is 12.9. The van der Waals surface area contributed by atoms with Gasteiger partial charge in [-0.25, -0.2) is 0 Å². The molecule has 0 amide bonds. The van der Waals surface area contributed by atoms with Crippen molar-refractivity contribution in [3.8, 4) is 0 Å². The van der Waals surface area contributed by atoms with Gasteiger partial charge in [0.25, 0.3) is 0 Å². The number of nitrogens with two attached hydrogens (primary N) is 1. The van der Waals surface area contributed by atoms with Gasteiger partial charge in [0.05, 0.1) is 11.6 Å². The van der Waals surface area contributed by atoms with Gasteiger partial charge in [-0.15, -0.1) is 0 Å². The molecular formula is C13H14BrN2O. The monoisotopic (exact) mass is 293 g/mol. The summed E-state index contributed by atoms with van der Waals surface area (Å²) in [6.45, 7) is 2.12. The van der Waals surface area contributed by atoms with Gasteiger partial charge in [-0.1, -0.05) is 28.9 Å². The number of aromatic amines is 1. The molecule has 0 aliphatic carbocycles. The van der Waals surface area contributed by atoms with Crippen molar-refractivity contribution in [2.24, 2.45) is 5.73 Å². The van der Waals surface area contributed by atoms with Crippen molar-refractivity contribution < 1.29 is 4.79 Å². The molecule has 89 valence electrons. The first-order valence-corrected chi connectivity index (χ1v) is 6.37. The third-order valence-electron chi connectivity index (χ3n) is 2.92. The second kappa shape index (κ2) is 5.02. The van der Waals surface area contributed by atoms with E-state index in [4.69, 9.17) is 5.73 Å². The van der Waals surface area contributed by atoms with Crippen LogP contribution < -0.4 is 5.73 Å². The third-order valence-corrected chi connectivity index (χ3v) is 3.59. The first-order chi connectivity index (χ1) is 8.17. The molecule has 1 radical (unpaired) electrons. The maximum Gasteiger partial charge on any atom is 0.217 e. The number of carbonyl (C=O) groups excluding carboxylic acids is 1. The number of hydrogen-bond donors (Lipinski definition) is 2. The number of fused-ring (bicyclic) bond motifs is 1. The van der Waals surface area contributed by atoms with Crippen LogP contribution in [0.25, 0.3) is 10.9 Å². The molecule has 0 unspecified atom stereocenters. The molecule has 4 heteroatoms. The van der Waals surface area contributed by atoms with E-state index in [0.29, 0.717) is 6.42 Å². The van der Waals surface area contributed by atoms with Gasteiger partial charge in [0.2, 0.25) is 6.29 Å². The molecule has 1 heterocycles. The van der Waals surface area contributed by atoms with E-state index in [1.165, 1.54) is 5.56 Å². The molecule has 0 fully saturated rings. The summed E-state index contributed by atoms with van der Waals surface area (Å²) < 4.78 is 1.03. The van der Waals surface area contributed by atoms with Gasteiger partial charge >= 0.3 is 0 Å². The summed E-state index contributed by atoms with van der Waals surface area (Å²) >= 11 is 3.54. The Bertz CT molecular complexity index is 548. The molecule has 0 aliphatic rings. The number of aryl methyl sites for hydroxylation is 1. The number of nitrogens with one attached hydrogen (secondary N) is 1. The Kier molecular flexibility index (Phi) is 3.64. The summed E-state index contributed by atoms with van der Waals surface area (Å²) in [5, 5.41) is 1.12. The minimum Gasteiger partial charge on any atom is -0.361 e. The maximum atomic E-state index is 10.5. The first kappa shape index (κ1) is 12.3. The Morgan fingerprint density at radius 3 is 2.88 bits per heavy atom. The first-order valence-electron chi connectivity index (χ1n) is 5.58. The minimum absolute atomic E-state index is 0.509. The second-order valence-electron chi connectivity index (χ2n) is 4.05. The molecule has 0 bridgehead atoms. The smallest absolute Gasteiger partial charge is 0.217 e. The van der Waals surface area contributed by atoms with Crippen molar-refractivity contribution in [1.29, 1.82) is 0 Å². The standard InChI is InChI=1S/C13H14BrN2O/c1-2-8-3-4-11(14)12-9(5-10(15)7-17)6-16-13(8)12/h3-4,6,10,16H,2,5,15H2,1H3/t10-/m0/s1. The molecule has 0 spiro atoms. The zero-order chi connectivity index (χ0) is 12.4. The highest BCUT2D eigenvalue weighted by Crippen LogP contribution is 2.30. The molecule has 0 aliphatic heterocycles. The van der Waals surface area contributed by atoms with Gasteiger partial charge in [0.15, 0.2) is 0 Å². The van der Waals surface area contributed by atoms with Crippen LogP contribution in [0.2, 0.25) is 0 Å². The fourth-order valence-corrected chi connectivity index (χ4v) is 2.65. The van der Waals surface area contributed by atoms with Crippen molar-refractivity contribution in [1.82, 2.24) is 4.98 Å². The van der Waals surface area contributed by atoms with E-state index >= 15 is 0 Å². The van der Waals surface area contributed by atoms with Crippen molar-refractivity contribution in [2.75, 3.05) is 0 Å². The number of rotatable bonds is 4. The van der Waals surface area contributed by atoms with Gasteiger partial charge in [0, 0.05) is 16.1 Å². The molecular weight excluding hydrogens is 280 g/mol. The van der Waals surface area contributed by atoms with Crippen molar-refractivity contribution >= 4 is 33.1 Å². The van der Waals surface area contributed by atoms with Crippen LogP contribution in [-0.4, -0.2) is 17.3 Å². The van der Waals surface area contributed by atoms with E-state index in [-0.39, 0.29) is 0 Å². The largest absolute Gasteiger partial charge is 0.361 e. The molecule has 1 aromatic heterocycles. The van der Waals surface area contributed by atoms with Gasteiger partial charge < -0.3 is 10.7 Å². The zero-order valence-corrected chi connectivity index (χ0v) is 11.2. The van der Waals surface area contributed by atoms with Crippen molar-refractivity contribution in [3.05, 3.63) is 33.9 Å².